The van der Waals surface area contributed by atoms with E-state index in [2.05, 4.69) is 10.3 Å². The highest BCUT2D eigenvalue weighted by atomic mass is 32.1. The van der Waals surface area contributed by atoms with Crippen LogP contribution in [0.2, 0.25) is 0 Å². The average Bonchev–Trinajstić information content (AvgIpc) is 3.06. The molecule has 0 aliphatic rings. The van der Waals surface area contributed by atoms with Crippen LogP contribution in [0, 0.1) is 5.82 Å². The standard InChI is InChI=1S/C17H14FN3O2S/c18-14-4-2-1-3-12(14)5-6-15(22)19-8-9-21-11-20-16-13(17(21)23)7-10-24-16/h1-7,10-11H,8-9H2,(H,19,22)/b6-5-. The lowest BCUT2D eigenvalue weighted by Gasteiger charge is -2.05. The number of aromatic nitrogens is 2. The molecule has 0 spiro atoms. The van der Waals surface area contributed by atoms with Gasteiger partial charge in [0, 0.05) is 24.7 Å². The second-order valence-corrected chi connectivity index (χ2v) is 5.92. The Bertz CT molecular complexity index is 962. The Morgan fingerprint density at radius 2 is 2.17 bits per heavy atom. The van der Waals surface area contributed by atoms with Crippen molar-refractivity contribution in [3.63, 3.8) is 0 Å². The minimum Gasteiger partial charge on any atom is -0.351 e. The van der Waals surface area contributed by atoms with E-state index >= 15 is 0 Å². The number of nitrogens with zero attached hydrogens (tertiary/aromatic N) is 2. The summed E-state index contributed by atoms with van der Waals surface area (Å²) in [4.78, 5) is 28.8. The van der Waals surface area contributed by atoms with Crippen LogP contribution < -0.4 is 10.9 Å². The molecule has 5 nitrogen and oxygen atoms in total. The molecule has 3 aromatic rings. The van der Waals surface area contributed by atoms with E-state index < -0.39 is 0 Å². The number of hydrogen-bond acceptors (Lipinski definition) is 4. The Morgan fingerprint density at radius 1 is 1.33 bits per heavy atom. The first-order chi connectivity index (χ1) is 11.6. The number of carbonyl (C=O) groups excluding carboxylic acids is 1. The average molecular weight is 343 g/mol. The lowest BCUT2D eigenvalue weighted by atomic mass is 10.2. The molecule has 1 aromatic carbocycles. The first-order valence-electron chi connectivity index (χ1n) is 7.28. The van der Waals surface area contributed by atoms with Crippen LogP contribution in [-0.2, 0) is 11.3 Å². The minimum atomic E-state index is -0.386. The second-order valence-electron chi connectivity index (χ2n) is 5.03. The van der Waals surface area contributed by atoms with Crippen LogP contribution >= 0.6 is 11.3 Å². The van der Waals surface area contributed by atoms with Crippen molar-refractivity contribution < 1.29 is 9.18 Å². The van der Waals surface area contributed by atoms with Gasteiger partial charge in [-0.2, -0.15) is 0 Å². The molecule has 122 valence electrons. The molecule has 2 aromatic heterocycles. The van der Waals surface area contributed by atoms with Gasteiger partial charge >= 0.3 is 0 Å². The highest BCUT2D eigenvalue weighted by Gasteiger charge is 2.05. The van der Waals surface area contributed by atoms with Crippen LogP contribution in [0.15, 0.2) is 52.9 Å². The Morgan fingerprint density at radius 3 is 3.00 bits per heavy atom. The lowest BCUT2D eigenvalue weighted by molar-refractivity contribution is -0.116. The monoisotopic (exact) mass is 343 g/mol. The quantitative estimate of drug-likeness (QED) is 0.724. The molecule has 0 bridgehead atoms. The molecule has 0 atom stereocenters. The first-order valence-corrected chi connectivity index (χ1v) is 8.16. The number of hydrogen-bond donors (Lipinski definition) is 1. The van der Waals surface area contributed by atoms with Crippen LogP contribution in [-0.4, -0.2) is 22.0 Å². The smallest absolute Gasteiger partial charge is 0.262 e. The maximum absolute atomic E-state index is 13.4. The van der Waals surface area contributed by atoms with E-state index in [9.17, 15) is 14.0 Å². The Labute approximate surface area is 141 Å². The third kappa shape index (κ3) is 3.57. The summed E-state index contributed by atoms with van der Waals surface area (Å²) in [6, 6.07) is 7.93. The highest BCUT2D eigenvalue weighted by Crippen LogP contribution is 2.13. The predicted molar refractivity (Wildman–Crippen MR) is 92.3 cm³/mol. The number of carbonyl (C=O) groups is 1. The van der Waals surface area contributed by atoms with Gasteiger partial charge in [0.25, 0.3) is 5.56 Å². The van der Waals surface area contributed by atoms with Gasteiger partial charge in [0.1, 0.15) is 10.6 Å². The van der Waals surface area contributed by atoms with E-state index in [0.29, 0.717) is 22.3 Å². The molecular weight excluding hydrogens is 329 g/mol. The summed E-state index contributed by atoms with van der Waals surface area (Å²) in [5, 5.41) is 5.05. The van der Waals surface area contributed by atoms with Crippen molar-refractivity contribution in [3.8, 4) is 0 Å². The number of halogens is 1. The topological polar surface area (TPSA) is 64.0 Å². The second kappa shape index (κ2) is 7.18. The molecule has 0 saturated carbocycles. The number of thiophene rings is 1. The molecule has 0 radical (unpaired) electrons. The minimum absolute atomic E-state index is 0.127. The molecule has 0 unspecified atom stereocenters. The van der Waals surface area contributed by atoms with Gasteiger partial charge in [-0.1, -0.05) is 18.2 Å². The van der Waals surface area contributed by atoms with Crippen molar-refractivity contribution >= 4 is 33.5 Å². The van der Waals surface area contributed by atoms with Crippen molar-refractivity contribution in [2.45, 2.75) is 6.54 Å². The van der Waals surface area contributed by atoms with Gasteiger partial charge < -0.3 is 5.32 Å². The molecule has 0 fully saturated rings. The zero-order valence-corrected chi connectivity index (χ0v) is 13.4. The Hall–Kier alpha value is -2.80. The number of fused-ring (bicyclic) bond motifs is 1. The van der Waals surface area contributed by atoms with Gasteiger partial charge in [-0.25, -0.2) is 9.37 Å². The molecular formula is C17H14FN3O2S. The van der Waals surface area contributed by atoms with Crippen LogP contribution in [0.1, 0.15) is 5.56 Å². The molecule has 24 heavy (non-hydrogen) atoms. The molecule has 7 heteroatoms. The SMILES string of the molecule is O=C(/C=C\c1ccccc1F)NCCn1cnc2sccc2c1=O. The summed E-state index contributed by atoms with van der Waals surface area (Å²) in [5.74, 6) is -0.737. The van der Waals surface area contributed by atoms with Crippen molar-refractivity contribution in [1.29, 1.82) is 0 Å². The summed E-state index contributed by atoms with van der Waals surface area (Å²) in [5.41, 5.74) is 0.216. The Balaban J connectivity index is 1.57. The van der Waals surface area contributed by atoms with Crippen LogP contribution in [0.25, 0.3) is 16.3 Å². The first kappa shape index (κ1) is 16.1. The van der Waals surface area contributed by atoms with Crippen molar-refractivity contribution in [1.82, 2.24) is 14.9 Å². The third-order valence-corrected chi connectivity index (χ3v) is 4.24. The van der Waals surface area contributed by atoms with Gasteiger partial charge in [0.05, 0.1) is 11.7 Å². The van der Waals surface area contributed by atoms with Gasteiger partial charge in [0.15, 0.2) is 0 Å². The van der Waals surface area contributed by atoms with E-state index in [0.717, 1.165) is 0 Å². The molecule has 3 rings (SSSR count). The maximum Gasteiger partial charge on any atom is 0.262 e. The predicted octanol–water partition coefficient (Wildman–Crippen LogP) is 2.43. The van der Waals surface area contributed by atoms with Crippen LogP contribution in [0.3, 0.4) is 0 Å². The summed E-state index contributed by atoms with van der Waals surface area (Å²) < 4.78 is 14.9. The number of nitrogens with one attached hydrogen (secondary N) is 1. The van der Waals surface area contributed by atoms with Gasteiger partial charge in [0.2, 0.25) is 5.91 Å². The Kier molecular flexibility index (Phi) is 4.81. The summed E-state index contributed by atoms with van der Waals surface area (Å²) in [7, 11) is 0. The normalized spacial score (nSPS) is 11.2. The number of benzene rings is 1. The van der Waals surface area contributed by atoms with Gasteiger partial charge in [-0.15, -0.1) is 11.3 Å². The molecule has 1 amide bonds. The molecule has 0 aliphatic heterocycles. The van der Waals surface area contributed by atoms with E-state index in [4.69, 9.17) is 0 Å². The summed E-state index contributed by atoms with van der Waals surface area (Å²) in [6.07, 6.45) is 4.15. The van der Waals surface area contributed by atoms with E-state index in [1.54, 1.807) is 24.3 Å². The van der Waals surface area contributed by atoms with E-state index in [1.807, 2.05) is 5.38 Å². The molecule has 0 saturated heterocycles. The van der Waals surface area contributed by atoms with Crippen LogP contribution in [0.4, 0.5) is 4.39 Å². The van der Waals surface area contributed by atoms with Crippen molar-refractivity contribution in [2.75, 3.05) is 6.54 Å². The zero-order chi connectivity index (χ0) is 16.9. The van der Waals surface area contributed by atoms with Crippen molar-refractivity contribution in [3.05, 3.63) is 69.8 Å². The van der Waals surface area contributed by atoms with E-state index in [-0.39, 0.29) is 23.8 Å². The van der Waals surface area contributed by atoms with E-state index in [1.165, 1.54) is 40.4 Å². The lowest BCUT2D eigenvalue weighted by Crippen LogP contribution is -2.29. The fourth-order valence-corrected chi connectivity index (χ4v) is 2.91. The van der Waals surface area contributed by atoms with Crippen LogP contribution in [0.5, 0.6) is 0 Å². The number of rotatable bonds is 5. The number of amides is 1. The maximum atomic E-state index is 13.4. The highest BCUT2D eigenvalue weighted by molar-refractivity contribution is 7.16. The zero-order valence-electron chi connectivity index (χ0n) is 12.6. The van der Waals surface area contributed by atoms with Gasteiger partial charge in [-0.3, -0.25) is 14.2 Å². The van der Waals surface area contributed by atoms with Crippen molar-refractivity contribution in [2.24, 2.45) is 0 Å². The molecule has 2 heterocycles. The largest absolute Gasteiger partial charge is 0.351 e. The molecule has 0 aliphatic carbocycles. The summed E-state index contributed by atoms with van der Waals surface area (Å²) in [6.45, 7) is 0.592. The fourth-order valence-electron chi connectivity index (χ4n) is 2.19. The summed E-state index contributed by atoms with van der Waals surface area (Å²) >= 11 is 1.41. The molecule has 1 N–H and O–H groups in total. The fraction of sp³-hybridized carbons (Fsp3) is 0.118. The third-order valence-electron chi connectivity index (χ3n) is 3.42. The van der Waals surface area contributed by atoms with Gasteiger partial charge in [-0.05, 0) is 23.6 Å².